The molecular weight excluding hydrogens is 312 g/mol. The fourth-order valence-electron chi connectivity index (χ4n) is 3.15. The lowest BCUT2D eigenvalue weighted by atomic mass is 9.93. The van der Waals surface area contributed by atoms with Crippen LogP contribution in [0.1, 0.15) is 31.2 Å². The number of hydrogen-bond donors (Lipinski definition) is 2. The number of para-hydroxylation sites is 2. The van der Waals surface area contributed by atoms with Crippen LogP contribution in [0.2, 0.25) is 0 Å². The molecule has 0 bridgehead atoms. The predicted molar refractivity (Wildman–Crippen MR) is 99.6 cm³/mol. The second-order valence-corrected chi connectivity index (χ2v) is 6.53. The predicted octanol–water partition coefficient (Wildman–Crippen LogP) is 3.87. The molecule has 1 fully saturated rings. The lowest BCUT2D eigenvalue weighted by Gasteiger charge is -2.22. The van der Waals surface area contributed by atoms with Gasteiger partial charge >= 0.3 is 0 Å². The fraction of sp³-hybridized carbons (Fsp3) is 0.381. The molecule has 4 heteroatoms. The number of carbonyl (C=O) groups is 1. The molecule has 1 aliphatic heterocycles. The minimum Gasteiger partial charge on any atom is -0.457 e. The first-order chi connectivity index (χ1) is 12.3. The van der Waals surface area contributed by atoms with Gasteiger partial charge in [0.25, 0.3) is 0 Å². The molecule has 132 valence electrons. The lowest BCUT2D eigenvalue weighted by molar-refractivity contribution is -0.121. The van der Waals surface area contributed by atoms with Gasteiger partial charge in [-0.05, 0) is 56.5 Å². The van der Waals surface area contributed by atoms with Crippen LogP contribution in [0.15, 0.2) is 54.6 Å². The van der Waals surface area contributed by atoms with Crippen molar-refractivity contribution in [2.45, 2.75) is 32.2 Å². The number of ether oxygens (including phenoxy) is 1. The van der Waals surface area contributed by atoms with Crippen molar-refractivity contribution in [3.63, 3.8) is 0 Å². The summed E-state index contributed by atoms with van der Waals surface area (Å²) in [6.45, 7) is 2.65. The molecule has 0 aromatic heterocycles. The van der Waals surface area contributed by atoms with E-state index >= 15 is 0 Å². The SMILES string of the molecule is O=C(CCC1CCNCC1)NCc1ccccc1Oc1ccccc1. The Morgan fingerprint density at radius 1 is 1.04 bits per heavy atom. The lowest BCUT2D eigenvalue weighted by Crippen LogP contribution is -2.29. The normalized spacial score (nSPS) is 14.9. The maximum Gasteiger partial charge on any atom is 0.220 e. The monoisotopic (exact) mass is 338 g/mol. The highest BCUT2D eigenvalue weighted by molar-refractivity contribution is 5.75. The van der Waals surface area contributed by atoms with Gasteiger partial charge in [0.1, 0.15) is 11.5 Å². The van der Waals surface area contributed by atoms with Crippen LogP contribution in [0.3, 0.4) is 0 Å². The topological polar surface area (TPSA) is 50.4 Å². The van der Waals surface area contributed by atoms with E-state index in [0.29, 0.717) is 18.9 Å². The van der Waals surface area contributed by atoms with E-state index in [1.165, 1.54) is 12.8 Å². The number of carbonyl (C=O) groups excluding carboxylic acids is 1. The Labute approximate surface area is 149 Å². The molecule has 0 saturated carbocycles. The molecule has 2 aromatic rings. The zero-order valence-corrected chi connectivity index (χ0v) is 14.5. The number of nitrogens with one attached hydrogen (secondary N) is 2. The Morgan fingerprint density at radius 3 is 2.56 bits per heavy atom. The minimum atomic E-state index is 0.119. The molecule has 0 aliphatic carbocycles. The van der Waals surface area contributed by atoms with Crippen molar-refractivity contribution >= 4 is 5.91 Å². The summed E-state index contributed by atoms with van der Waals surface area (Å²) in [7, 11) is 0. The molecule has 3 rings (SSSR count). The molecule has 2 N–H and O–H groups in total. The molecule has 2 aromatic carbocycles. The summed E-state index contributed by atoms with van der Waals surface area (Å²) in [5.74, 6) is 2.38. The number of hydrogen-bond acceptors (Lipinski definition) is 3. The molecule has 4 nitrogen and oxygen atoms in total. The van der Waals surface area contributed by atoms with Crippen LogP contribution in [0.25, 0.3) is 0 Å². The Balaban J connectivity index is 1.49. The molecule has 1 heterocycles. The summed E-state index contributed by atoms with van der Waals surface area (Å²) in [4.78, 5) is 12.2. The van der Waals surface area contributed by atoms with Gasteiger partial charge in [0.15, 0.2) is 0 Å². The van der Waals surface area contributed by atoms with Crippen LogP contribution in [0.4, 0.5) is 0 Å². The quantitative estimate of drug-likeness (QED) is 0.805. The first-order valence-electron chi connectivity index (χ1n) is 9.09. The van der Waals surface area contributed by atoms with Gasteiger partial charge in [-0.15, -0.1) is 0 Å². The zero-order valence-electron chi connectivity index (χ0n) is 14.5. The second kappa shape index (κ2) is 9.23. The summed E-state index contributed by atoms with van der Waals surface area (Å²) < 4.78 is 5.94. The molecule has 1 aliphatic rings. The van der Waals surface area contributed by atoms with Gasteiger partial charge in [-0.2, -0.15) is 0 Å². The third kappa shape index (κ3) is 5.61. The van der Waals surface area contributed by atoms with Gasteiger partial charge in [-0.1, -0.05) is 36.4 Å². The Kier molecular flexibility index (Phi) is 6.46. The van der Waals surface area contributed by atoms with Crippen molar-refractivity contribution in [2.75, 3.05) is 13.1 Å². The maximum absolute atomic E-state index is 12.2. The third-order valence-corrected chi connectivity index (χ3v) is 4.66. The zero-order chi connectivity index (χ0) is 17.3. The fourth-order valence-corrected chi connectivity index (χ4v) is 3.15. The van der Waals surface area contributed by atoms with Gasteiger partial charge < -0.3 is 15.4 Å². The molecule has 0 spiro atoms. The van der Waals surface area contributed by atoms with E-state index in [1.54, 1.807) is 0 Å². The molecule has 25 heavy (non-hydrogen) atoms. The molecule has 1 amide bonds. The van der Waals surface area contributed by atoms with Crippen LogP contribution in [0.5, 0.6) is 11.5 Å². The van der Waals surface area contributed by atoms with E-state index in [9.17, 15) is 4.79 Å². The van der Waals surface area contributed by atoms with Crippen molar-refractivity contribution in [3.8, 4) is 11.5 Å². The highest BCUT2D eigenvalue weighted by Crippen LogP contribution is 2.25. The van der Waals surface area contributed by atoms with E-state index < -0.39 is 0 Å². The van der Waals surface area contributed by atoms with Gasteiger partial charge in [0.2, 0.25) is 5.91 Å². The van der Waals surface area contributed by atoms with Gasteiger partial charge in [-0.25, -0.2) is 0 Å². The second-order valence-electron chi connectivity index (χ2n) is 6.53. The average Bonchev–Trinajstić information content (AvgIpc) is 2.67. The number of rotatable bonds is 7. The number of benzene rings is 2. The first-order valence-corrected chi connectivity index (χ1v) is 9.09. The van der Waals surface area contributed by atoms with E-state index in [1.807, 2.05) is 54.6 Å². The highest BCUT2D eigenvalue weighted by Gasteiger charge is 2.14. The van der Waals surface area contributed by atoms with Crippen molar-refractivity contribution < 1.29 is 9.53 Å². The van der Waals surface area contributed by atoms with E-state index in [-0.39, 0.29) is 5.91 Å². The Hall–Kier alpha value is -2.33. The average molecular weight is 338 g/mol. The Bertz CT molecular complexity index is 667. The van der Waals surface area contributed by atoms with Crippen molar-refractivity contribution in [1.82, 2.24) is 10.6 Å². The number of amides is 1. The van der Waals surface area contributed by atoms with E-state index in [2.05, 4.69) is 10.6 Å². The molecule has 1 saturated heterocycles. The van der Waals surface area contributed by atoms with Gasteiger partial charge in [0.05, 0.1) is 0 Å². The van der Waals surface area contributed by atoms with Crippen LogP contribution in [-0.2, 0) is 11.3 Å². The summed E-state index contributed by atoms with van der Waals surface area (Å²) >= 11 is 0. The van der Waals surface area contributed by atoms with Gasteiger partial charge in [0, 0.05) is 18.5 Å². The van der Waals surface area contributed by atoms with Crippen LogP contribution < -0.4 is 15.4 Å². The largest absolute Gasteiger partial charge is 0.457 e. The van der Waals surface area contributed by atoms with Gasteiger partial charge in [-0.3, -0.25) is 4.79 Å². The highest BCUT2D eigenvalue weighted by atomic mass is 16.5. The summed E-state index contributed by atoms with van der Waals surface area (Å²) in [5, 5.41) is 6.39. The molecule has 0 radical (unpaired) electrons. The smallest absolute Gasteiger partial charge is 0.220 e. The Morgan fingerprint density at radius 2 is 1.76 bits per heavy atom. The molecular formula is C21H26N2O2. The third-order valence-electron chi connectivity index (χ3n) is 4.66. The van der Waals surface area contributed by atoms with Crippen LogP contribution in [-0.4, -0.2) is 19.0 Å². The summed E-state index contributed by atoms with van der Waals surface area (Å²) in [5.41, 5.74) is 0.988. The number of piperidine rings is 1. The standard InChI is InChI=1S/C21H26N2O2/c24-21(11-10-17-12-14-22-15-13-17)23-16-18-6-4-5-9-20(18)25-19-7-2-1-3-8-19/h1-9,17,22H,10-16H2,(H,23,24). The maximum atomic E-state index is 12.2. The summed E-state index contributed by atoms with van der Waals surface area (Å²) in [6.07, 6.45) is 3.95. The van der Waals surface area contributed by atoms with Crippen molar-refractivity contribution in [2.24, 2.45) is 5.92 Å². The van der Waals surface area contributed by atoms with Crippen molar-refractivity contribution in [1.29, 1.82) is 0 Å². The van der Waals surface area contributed by atoms with Crippen LogP contribution in [0, 0.1) is 5.92 Å². The summed E-state index contributed by atoms with van der Waals surface area (Å²) in [6, 6.07) is 17.5. The van der Waals surface area contributed by atoms with E-state index in [0.717, 1.165) is 36.6 Å². The molecule has 0 atom stereocenters. The minimum absolute atomic E-state index is 0.119. The van der Waals surface area contributed by atoms with Crippen molar-refractivity contribution in [3.05, 3.63) is 60.2 Å². The molecule has 0 unspecified atom stereocenters. The first kappa shape index (κ1) is 17.5. The van der Waals surface area contributed by atoms with Crippen LogP contribution >= 0.6 is 0 Å². The van der Waals surface area contributed by atoms with E-state index in [4.69, 9.17) is 4.74 Å².